The summed E-state index contributed by atoms with van der Waals surface area (Å²) in [6, 6.07) is 7.31. The number of carbonyl (C=O) groups is 1. The largest absolute Gasteiger partial charge is 0.388 e. The number of nitrogens with one attached hydrogen (secondary N) is 1. The summed E-state index contributed by atoms with van der Waals surface area (Å²) in [5, 5.41) is 18.1. The molecule has 1 aliphatic rings. The molecular formula is C17H20ClN3O2. The topological polar surface area (TPSA) is 67.2 Å². The van der Waals surface area contributed by atoms with Crippen molar-refractivity contribution in [3.63, 3.8) is 0 Å². The molecule has 0 aliphatic heterocycles. The molecule has 3 rings (SSSR count). The Bertz CT molecular complexity index is 720. The van der Waals surface area contributed by atoms with Crippen LogP contribution in [0.15, 0.2) is 30.5 Å². The van der Waals surface area contributed by atoms with Gasteiger partial charge < -0.3 is 10.4 Å². The minimum Gasteiger partial charge on any atom is -0.388 e. The first kappa shape index (κ1) is 16.0. The van der Waals surface area contributed by atoms with Gasteiger partial charge in [-0.25, -0.2) is 0 Å². The molecule has 1 fully saturated rings. The van der Waals surface area contributed by atoms with Gasteiger partial charge in [-0.1, -0.05) is 42.6 Å². The van der Waals surface area contributed by atoms with Gasteiger partial charge in [-0.05, 0) is 18.9 Å². The third-order valence-corrected chi connectivity index (χ3v) is 4.64. The van der Waals surface area contributed by atoms with Crippen LogP contribution >= 0.6 is 11.6 Å². The van der Waals surface area contributed by atoms with Crippen molar-refractivity contribution in [2.24, 2.45) is 7.05 Å². The van der Waals surface area contributed by atoms with Crippen molar-refractivity contribution in [2.75, 3.05) is 6.54 Å². The zero-order chi connectivity index (χ0) is 16.4. The monoisotopic (exact) mass is 333 g/mol. The molecule has 2 N–H and O–H groups in total. The average molecular weight is 334 g/mol. The third kappa shape index (κ3) is 3.41. The number of hydrogen-bond acceptors (Lipinski definition) is 3. The highest BCUT2D eigenvalue weighted by molar-refractivity contribution is 6.33. The van der Waals surface area contributed by atoms with Crippen LogP contribution in [0.5, 0.6) is 0 Å². The molecule has 23 heavy (non-hydrogen) atoms. The second-order valence-corrected chi connectivity index (χ2v) is 6.57. The maximum atomic E-state index is 12.5. The lowest BCUT2D eigenvalue weighted by Crippen LogP contribution is -2.40. The molecule has 0 unspecified atom stereocenters. The number of aliphatic hydroxyl groups is 1. The Morgan fingerprint density at radius 3 is 2.78 bits per heavy atom. The molecule has 122 valence electrons. The number of amides is 1. The first-order valence-corrected chi connectivity index (χ1v) is 8.15. The van der Waals surface area contributed by atoms with E-state index in [2.05, 4.69) is 10.4 Å². The molecule has 6 heteroatoms. The van der Waals surface area contributed by atoms with Gasteiger partial charge in [0.1, 0.15) is 5.69 Å². The van der Waals surface area contributed by atoms with Gasteiger partial charge in [0, 0.05) is 25.4 Å². The van der Waals surface area contributed by atoms with Crippen molar-refractivity contribution in [1.82, 2.24) is 15.1 Å². The summed E-state index contributed by atoms with van der Waals surface area (Å²) in [5.41, 5.74) is 0.957. The number of rotatable bonds is 4. The van der Waals surface area contributed by atoms with Crippen molar-refractivity contribution in [3.05, 3.63) is 41.0 Å². The summed E-state index contributed by atoms with van der Waals surface area (Å²) in [4.78, 5) is 12.5. The summed E-state index contributed by atoms with van der Waals surface area (Å²) >= 11 is 6.23. The Kier molecular flexibility index (Phi) is 4.41. The van der Waals surface area contributed by atoms with Crippen LogP contribution in [0, 0.1) is 0 Å². The molecule has 0 spiro atoms. The molecule has 0 radical (unpaired) electrons. The molecule has 0 saturated heterocycles. The van der Waals surface area contributed by atoms with E-state index in [4.69, 9.17) is 11.6 Å². The zero-order valence-electron chi connectivity index (χ0n) is 13.1. The van der Waals surface area contributed by atoms with Crippen LogP contribution in [-0.2, 0) is 7.05 Å². The number of halogens is 1. The summed E-state index contributed by atoms with van der Waals surface area (Å²) in [5.74, 6) is -0.242. The number of benzene rings is 1. The van der Waals surface area contributed by atoms with Gasteiger partial charge in [0.05, 0.1) is 16.2 Å². The fourth-order valence-corrected chi connectivity index (χ4v) is 3.28. The number of nitrogens with zero attached hydrogens (tertiary/aromatic N) is 2. The van der Waals surface area contributed by atoms with Gasteiger partial charge in [0.15, 0.2) is 0 Å². The van der Waals surface area contributed by atoms with Crippen LogP contribution in [0.1, 0.15) is 36.0 Å². The van der Waals surface area contributed by atoms with E-state index >= 15 is 0 Å². The Hall–Kier alpha value is -1.85. The standard InChI is InChI=1S/C17H20ClN3O2/c1-21-10-13(15(20-21)12-6-2-3-7-14(12)18)16(22)19-11-17(23)8-4-5-9-17/h2-3,6-7,10,23H,4-5,8-9,11H2,1H3,(H,19,22). The van der Waals surface area contributed by atoms with E-state index in [-0.39, 0.29) is 12.5 Å². The second-order valence-electron chi connectivity index (χ2n) is 6.16. The first-order valence-electron chi connectivity index (χ1n) is 7.78. The fraction of sp³-hybridized carbons (Fsp3) is 0.412. The molecule has 1 aromatic carbocycles. The van der Waals surface area contributed by atoms with E-state index in [1.165, 1.54) is 0 Å². The highest BCUT2D eigenvalue weighted by Crippen LogP contribution is 2.30. The van der Waals surface area contributed by atoms with Crippen LogP contribution in [0.2, 0.25) is 5.02 Å². The van der Waals surface area contributed by atoms with Gasteiger partial charge in [0.25, 0.3) is 5.91 Å². The number of hydrogen-bond donors (Lipinski definition) is 2. The van der Waals surface area contributed by atoms with E-state index in [1.807, 2.05) is 18.2 Å². The van der Waals surface area contributed by atoms with E-state index < -0.39 is 5.60 Å². The van der Waals surface area contributed by atoms with Gasteiger partial charge in [-0.15, -0.1) is 0 Å². The Balaban J connectivity index is 1.82. The smallest absolute Gasteiger partial charge is 0.255 e. The molecule has 1 aromatic heterocycles. The molecule has 1 saturated carbocycles. The summed E-state index contributed by atoms with van der Waals surface area (Å²) in [6.07, 6.45) is 5.15. The molecule has 5 nitrogen and oxygen atoms in total. The molecule has 0 bridgehead atoms. The fourth-order valence-electron chi connectivity index (χ4n) is 3.06. The van der Waals surface area contributed by atoms with Crippen LogP contribution in [0.4, 0.5) is 0 Å². The number of aryl methyl sites for hydroxylation is 1. The third-order valence-electron chi connectivity index (χ3n) is 4.31. The lowest BCUT2D eigenvalue weighted by atomic mass is 10.0. The average Bonchev–Trinajstić information content (AvgIpc) is 3.12. The van der Waals surface area contributed by atoms with E-state index in [1.54, 1.807) is 24.0 Å². The van der Waals surface area contributed by atoms with Crippen molar-refractivity contribution in [3.8, 4) is 11.3 Å². The zero-order valence-corrected chi connectivity index (χ0v) is 13.8. The van der Waals surface area contributed by atoms with Crippen molar-refractivity contribution >= 4 is 17.5 Å². The van der Waals surface area contributed by atoms with Gasteiger partial charge >= 0.3 is 0 Å². The molecule has 1 aliphatic carbocycles. The first-order chi connectivity index (χ1) is 11.0. The minimum atomic E-state index is -0.775. The molecule has 2 aromatic rings. The van der Waals surface area contributed by atoms with Crippen molar-refractivity contribution < 1.29 is 9.90 Å². The van der Waals surface area contributed by atoms with E-state index in [0.717, 1.165) is 31.2 Å². The second kappa shape index (κ2) is 6.34. The van der Waals surface area contributed by atoms with Crippen LogP contribution in [0.25, 0.3) is 11.3 Å². The Labute approximate surface area is 140 Å². The summed E-state index contributed by atoms with van der Waals surface area (Å²) in [6.45, 7) is 0.267. The quantitative estimate of drug-likeness (QED) is 0.904. The molecule has 1 heterocycles. The lowest BCUT2D eigenvalue weighted by molar-refractivity contribution is 0.0450. The molecular weight excluding hydrogens is 314 g/mol. The van der Waals surface area contributed by atoms with Crippen LogP contribution < -0.4 is 5.32 Å². The van der Waals surface area contributed by atoms with Crippen LogP contribution in [-0.4, -0.2) is 32.9 Å². The highest BCUT2D eigenvalue weighted by atomic mass is 35.5. The van der Waals surface area contributed by atoms with Crippen LogP contribution in [0.3, 0.4) is 0 Å². The summed E-state index contributed by atoms with van der Waals surface area (Å²) < 4.78 is 1.60. The van der Waals surface area contributed by atoms with E-state index in [0.29, 0.717) is 16.3 Å². The lowest BCUT2D eigenvalue weighted by Gasteiger charge is -2.22. The Morgan fingerprint density at radius 2 is 2.09 bits per heavy atom. The predicted molar refractivity (Wildman–Crippen MR) is 89.4 cm³/mol. The maximum Gasteiger partial charge on any atom is 0.255 e. The predicted octanol–water partition coefficient (Wildman–Crippen LogP) is 2.78. The molecule has 0 atom stereocenters. The summed E-state index contributed by atoms with van der Waals surface area (Å²) in [7, 11) is 1.77. The van der Waals surface area contributed by atoms with Gasteiger partial charge in [-0.3, -0.25) is 9.48 Å². The Morgan fingerprint density at radius 1 is 1.39 bits per heavy atom. The highest BCUT2D eigenvalue weighted by Gasteiger charge is 2.32. The normalized spacial score (nSPS) is 16.5. The molecule has 1 amide bonds. The van der Waals surface area contributed by atoms with Gasteiger partial charge in [-0.2, -0.15) is 5.10 Å². The van der Waals surface area contributed by atoms with Gasteiger partial charge in [0.2, 0.25) is 0 Å². The SMILES string of the molecule is Cn1cc(C(=O)NCC2(O)CCCC2)c(-c2ccccc2Cl)n1. The number of carbonyl (C=O) groups excluding carboxylic acids is 1. The number of aromatic nitrogens is 2. The van der Waals surface area contributed by atoms with Crippen molar-refractivity contribution in [2.45, 2.75) is 31.3 Å². The minimum absolute atomic E-state index is 0.242. The maximum absolute atomic E-state index is 12.5. The van der Waals surface area contributed by atoms with Crippen molar-refractivity contribution in [1.29, 1.82) is 0 Å². The van der Waals surface area contributed by atoms with E-state index in [9.17, 15) is 9.90 Å².